The minimum atomic E-state index is -0.621. The summed E-state index contributed by atoms with van der Waals surface area (Å²) in [6.45, 7) is 0.638. The van der Waals surface area contributed by atoms with E-state index < -0.39 is 11.9 Å². The highest BCUT2D eigenvalue weighted by atomic mass is 16.5. The molecule has 0 unspecified atom stereocenters. The molecule has 2 amide bonds. The Morgan fingerprint density at radius 3 is 1.54 bits per heavy atom. The number of rotatable bonds is 10. The van der Waals surface area contributed by atoms with Crippen molar-refractivity contribution in [2.45, 2.75) is 19.6 Å². The first-order chi connectivity index (χ1) is 19.0. The topological polar surface area (TPSA) is 84.9 Å². The highest BCUT2D eigenvalue weighted by molar-refractivity contribution is 5.99. The molecule has 0 bridgehead atoms. The third kappa shape index (κ3) is 8.30. The largest absolute Gasteiger partial charge is 0.457 e. The third-order valence-electron chi connectivity index (χ3n) is 6.01. The lowest BCUT2D eigenvalue weighted by atomic mass is 10.1. The van der Waals surface area contributed by atoms with Crippen LogP contribution in [0.25, 0.3) is 0 Å². The predicted octanol–water partition coefficient (Wildman–Crippen LogP) is 6.11. The highest BCUT2D eigenvalue weighted by Gasteiger charge is 2.18. The molecule has 0 spiro atoms. The molecule has 4 aromatic carbocycles. The number of benzene rings is 4. The Morgan fingerprint density at radius 2 is 1.08 bits per heavy atom. The van der Waals surface area contributed by atoms with Crippen LogP contribution in [0.5, 0.6) is 0 Å². The molecule has 0 aliphatic heterocycles. The summed E-state index contributed by atoms with van der Waals surface area (Å²) in [6.07, 6.45) is 0.688. The predicted molar refractivity (Wildman–Crippen MR) is 149 cm³/mol. The van der Waals surface area contributed by atoms with Crippen molar-refractivity contribution < 1.29 is 23.9 Å². The van der Waals surface area contributed by atoms with E-state index in [-0.39, 0.29) is 36.1 Å². The van der Waals surface area contributed by atoms with Gasteiger partial charge in [0.15, 0.2) is 0 Å². The molecule has 0 atom stereocenters. The fraction of sp³-hybridized carbons (Fsp3) is 0.156. The smallest absolute Gasteiger partial charge is 0.338 e. The van der Waals surface area contributed by atoms with Gasteiger partial charge in [-0.25, -0.2) is 14.4 Å². The van der Waals surface area contributed by atoms with Gasteiger partial charge in [-0.05, 0) is 41.3 Å². The molecular weight excluding hydrogens is 492 g/mol. The number of urea groups is 1. The maximum atomic E-state index is 12.9. The number of ether oxygens (including phenoxy) is 2. The number of nitrogens with one attached hydrogen (secondary N) is 1. The van der Waals surface area contributed by atoms with Gasteiger partial charge in [0.25, 0.3) is 0 Å². The zero-order valence-corrected chi connectivity index (χ0v) is 21.7. The van der Waals surface area contributed by atoms with Crippen molar-refractivity contribution >= 4 is 23.7 Å². The Labute approximate surface area is 228 Å². The number of nitrogens with zero attached hydrogens (tertiary/aromatic N) is 1. The summed E-state index contributed by atoms with van der Waals surface area (Å²) in [5.41, 5.74) is 3.32. The van der Waals surface area contributed by atoms with E-state index in [0.29, 0.717) is 13.0 Å². The van der Waals surface area contributed by atoms with Gasteiger partial charge < -0.3 is 19.7 Å². The molecule has 0 saturated carbocycles. The van der Waals surface area contributed by atoms with Crippen molar-refractivity contribution in [2.75, 3.05) is 18.9 Å². The Balaban J connectivity index is 1.48. The minimum absolute atomic E-state index is 0.0757. The van der Waals surface area contributed by atoms with Crippen LogP contribution in [0.2, 0.25) is 0 Å². The number of esters is 2. The molecule has 0 fully saturated rings. The van der Waals surface area contributed by atoms with Crippen LogP contribution in [-0.2, 0) is 29.1 Å². The molecule has 0 saturated heterocycles. The van der Waals surface area contributed by atoms with Gasteiger partial charge in [0.2, 0.25) is 0 Å². The van der Waals surface area contributed by atoms with Crippen LogP contribution < -0.4 is 5.32 Å². The van der Waals surface area contributed by atoms with Gasteiger partial charge in [-0.2, -0.15) is 0 Å². The number of anilines is 1. The second kappa shape index (κ2) is 13.6. The van der Waals surface area contributed by atoms with Crippen LogP contribution in [0.15, 0.2) is 109 Å². The van der Waals surface area contributed by atoms with Crippen LogP contribution >= 0.6 is 0 Å². The molecule has 4 aromatic rings. The molecule has 0 aliphatic rings. The van der Waals surface area contributed by atoms with Crippen LogP contribution in [0.3, 0.4) is 0 Å². The Bertz CT molecular complexity index is 1320. The number of amides is 2. The summed E-state index contributed by atoms with van der Waals surface area (Å²) in [7, 11) is 1.69. The van der Waals surface area contributed by atoms with Gasteiger partial charge in [-0.1, -0.05) is 91.0 Å². The molecule has 0 radical (unpaired) electrons. The summed E-state index contributed by atoms with van der Waals surface area (Å²) in [5.74, 6) is -1.24. The average molecular weight is 523 g/mol. The first-order valence-corrected chi connectivity index (χ1v) is 12.6. The lowest BCUT2D eigenvalue weighted by Crippen LogP contribution is -2.33. The summed E-state index contributed by atoms with van der Waals surface area (Å²) >= 11 is 0. The first-order valence-electron chi connectivity index (χ1n) is 12.6. The van der Waals surface area contributed by atoms with E-state index in [1.54, 1.807) is 11.9 Å². The summed E-state index contributed by atoms with van der Waals surface area (Å²) in [5, 5.41) is 2.79. The number of hydrogen-bond acceptors (Lipinski definition) is 5. The maximum Gasteiger partial charge on any atom is 0.338 e. The average Bonchev–Trinajstić information content (AvgIpc) is 2.98. The van der Waals surface area contributed by atoms with Crippen LogP contribution in [0.4, 0.5) is 10.5 Å². The van der Waals surface area contributed by atoms with E-state index in [4.69, 9.17) is 9.47 Å². The van der Waals surface area contributed by atoms with Crippen LogP contribution in [-0.4, -0.2) is 36.5 Å². The van der Waals surface area contributed by atoms with Crippen molar-refractivity contribution in [1.82, 2.24) is 4.90 Å². The highest BCUT2D eigenvalue weighted by Crippen LogP contribution is 2.19. The van der Waals surface area contributed by atoms with Crippen molar-refractivity contribution in [3.05, 3.63) is 137 Å². The quantitative estimate of drug-likeness (QED) is 0.254. The molecule has 0 aliphatic carbocycles. The van der Waals surface area contributed by atoms with Gasteiger partial charge in [0.1, 0.15) is 13.2 Å². The van der Waals surface area contributed by atoms with Gasteiger partial charge in [-0.15, -0.1) is 0 Å². The first kappa shape index (κ1) is 27.1. The normalized spacial score (nSPS) is 10.4. The molecular formula is C32H30N2O5. The van der Waals surface area contributed by atoms with Gasteiger partial charge in [-0.3, -0.25) is 0 Å². The van der Waals surface area contributed by atoms with Crippen molar-refractivity contribution in [1.29, 1.82) is 0 Å². The lowest BCUT2D eigenvalue weighted by Gasteiger charge is -2.19. The molecule has 39 heavy (non-hydrogen) atoms. The Morgan fingerprint density at radius 1 is 0.641 bits per heavy atom. The second-order valence-corrected chi connectivity index (χ2v) is 9.01. The van der Waals surface area contributed by atoms with Crippen LogP contribution in [0.1, 0.15) is 37.4 Å². The van der Waals surface area contributed by atoms with E-state index in [1.165, 1.54) is 18.2 Å². The monoisotopic (exact) mass is 522 g/mol. The van der Waals surface area contributed by atoms with E-state index in [0.717, 1.165) is 16.7 Å². The summed E-state index contributed by atoms with van der Waals surface area (Å²) in [6, 6.07) is 32.5. The van der Waals surface area contributed by atoms with E-state index in [9.17, 15) is 14.4 Å². The number of likely N-dealkylation sites (N-methyl/N-ethyl adjacent to an activating group) is 1. The molecule has 7 heteroatoms. The zero-order valence-electron chi connectivity index (χ0n) is 21.7. The minimum Gasteiger partial charge on any atom is -0.457 e. The van der Waals surface area contributed by atoms with E-state index >= 15 is 0 Å². The van der Waals surface area contributed by atoms with Crippen molar-refractivity contribution in [2.24, 2.45) is 0 Å². The molecule has 0 aromatic heterocycles. The fourth-order valence-electron chi connectivity index (χ4n) is 3.81. The van der Waals surface area contributed by atoms with Gasteiger partial charge in [0.05, 0.1) is 11.1 Å². The van der Waals surface area contributed by atoms with Crippen LogP contribution in [0, 0.1) is 0 Å². The molecule has 0 heterocycles. The van der Waals surface area contributed by atoms with Crippen molar-refractivity contribution in [3.8, 4) is 0 Å². The SMILES string of the molecule is CN(CCc1ccccc1)C(=O)Nc1cc(C(=O)OCc2ccccc2)cc(C(=O)OCc2ccccc2)c1. The molecule has 4 rings (SSSR count). The maximum absolute atomic E-state index is 12.9. The van der Waals surface area contributed by atoms with Crippen molar-refractivity contribution in [3.63, 3.8) is 0 Å². The van der Waals surface area contributed by atoms with E-state index in [2.05, 4.69) is 5.32 Å². The fourth-order valence-corrected chi connectivity index (χ4v) is 3.81. The number of carbonyl (C=O) groups excluding carboxylic acids is 3. The summed E-state index contributed by atoms with van der Waals surface area (Å²) < 4.78 is 10.9. The lowest BCUT2D eigenvalue weighted by molar-refractivity contribution is 0.0470. The zero-order chi connectivity index (χ0) is 27.5. The molecule has 198 valence electrons. The van der Waals surface area contributed by atoms with Gasteiger partial charge in [0, 0.05) is 19.3 Å². The molecule has 7 nitrogen and oxygen atoms in total. The standard InChI is InChI=1S/C32H30N2O5/c1-34(18-17-24-11-5-2-6-12-24)32(37)33-29-20-27(30(35)38-22-25-13-7-3-8-14-25)19-28(21-29)31(36)39-23-26-15-9-4-10-16-26/h2-16,19-21H,17-18,22-23H2,1H3,(H,33,37). The Kier molecular flexibility index (Phi) is 9.45. The Hall–Kier alpha value is -4.91. The molecule has 1 N–H and O–H groups in total. The summed E-state index contributed by atoms with van der Waals surface area (Å²) in [4.78, 5) is 40.3. The number of carbonyl (C=O) groups is 3. The second-order valence-electron chi connectivity index (χ2n) is 9.01. The van der Waals surface area contributed by atoms with E-state index in [1.807, 2.05) is 91.0 Å². The number of hydrogen-bond donors (Lipinski definition) is 1. The van der Waals surface area contributed by atoms with Gasteiger partial charge >= 0.3 is 18.0 Å². The third-order valence-corrected chi connectivity index (χ3v) is 6.01.